The summed E-state index contributed by atoms with van der Waals surface area (Å²) in [5.74, 6) is -0.198. The molecule has 5 nitrogen and oxygen atoms in total. The second-order valence-electron chi connectivity index (χ2n) is 4.63. The van der Waals surface area contributed by atoms with Gasteiger partial charge in [-0.05, 0) is 36.6 Å². The van der Waals surface area contributed by atoms with Gasteiger partial charge in [-0.25, -0.2) is 4.79 Å². The molecule has 0 radical (unpaired) electrons. The molecule has 19 heavy (non-hydrogen) atoms. The lowest BCUT2D eigenvalue weighted by molar-refractivity contribution is -0.120. The smallest absolute Gasteiger partial charge is 0.328 e. The van der Waals surface area contributed by atoms with Crippen LogP contribution >= 0.6 is 12.4 Å². The predicted octanol–water partition coefficient (Wildman–Crippen LogP) is 1.91. The predicted molar refractivity (Wildman–Crippen MR) is 76.0 cm³/mol. The summed E-state index contributed by atoms with van der Waals surface area (Å²) < 4.78 is 0. The third kappa shape index (κ3) is 2.66. The molecule has 0 aromatic heterocycles. The van der Waals surface area contributed by atoms with E-state index in [2.05, 4.69) is 10.6 Å². The van der Waals surface area contributed by atoms with Gasteiger partial charge in [-0.15, -0.1) is 12.4 Å². The first-order valence-corrected chi connectivity index (χ1v) is 6.22. The van der Waals surface area contributed by atoms with E-state index in [1.165, 1.54) is 5.56 Å². The summed E-state index contributed by atoms with van der Waals surface area (Å²) in [6.07, 6.45) is 2.51. The number of imide groups is 1. The summed E-state index contributed by atoms with van der Waals surface area (Å²) in [7, 11) is 0. The number of fused-ring (bicyclic) bond motifs is 1. The first kappa shape index (κ1) is 13.7. The van der Waals surface area contributed by atoms with Gasteiger partial charge in [0.05, 0.1) is 0 Å². The molecule has 0 unspecified atom stereocenters. The van der Waals surface area contributed by atoms with E-state index in [1.54, 1.807) is 4.90 Å². The number of urea groups is 1. The van der Waals surface area contributed by atoms with Crippen LogP contribution < -0.4 is 15.5 Å². The number of hydrogen-bond donors (Lipinski definition) is 2. The van der Waals surface area contributed by atoms with Crippen molar-refractivity contribution in [2.24, 2.45) is 0 Å². The van der Waals surface area contributed by atoms with Crippen molar-refractivity contribution in [3.63, 3.8) is 0 Å². The third-order valence-electron chi connectivity index (χ3n) is 3.39. The Bertz CT molecular complexity index is 519. The highest BCUT2D eigenvalue weighted by atomic mass is 35.5. The fourth-order valence-electron chi connectivity index (χ4n) is 2.44. The van der Waals surface area contributed by atoms with Crippen molar-refractivity contribution in [2.75, 3.05) is 23.3 Å². The van der Waals surface area contributed by atoms with Crippen LogP contribution in [0.25, 0.3) is 0 Å². The Morgan fingerprint density at radius 1 is 1.16 bits per heavy atom. The minimum absolute atomic E-state index is 0. The van der Waals surface area contributed by atoms with Crippen molar-refractivity contribution in [3.05, 3.63) is 23.8 Å². The standard InChI is InChI=1S/C13H15N3O2.ClH/c17-12-5-7-16(13(18)15-12)10-3-4-11-9(8-10)2-1-6-14-11;/h3-4,8,14H,1-2,5-7H2,(H,15,17,18);1H. The molecule has 102 valence electrons. The molecule has 2 N–H and O–H groups in total. The molecule has 3 amide bonds. The van der Waals surface area contributed by atoms with Crippen LogP contribution in [0, 0.1) is 0 Å². The van der Waals surface area contributed by atoms with Crippen LogP contribution in [0.4, 0.5) is 16.2 Å². The summed E-state index contributed by atoms with van der Waals surface area (Å²) in [6.45, 7) is 1.46. The Morgan fingerprint density at radius 3 is 2.79 bits per heavy atom. The molecule has 2 aliphatic rings. The summed E-state index contributed by atoms with van der Waals surface area (Å²) in [5.41, 5.74) is 3.25. The molecule has 1 saturated heterocycles. The maximum absolute atomic E-state index is 11.8. The SMILES string of the molecule is Cl.O=C1CCN(c2ccc3c(c2)CCCN3)C(=O)N1. The lowest BCUT2D eigenvalue weighted by Crippen LogP contribution is -2.49. The van der Waals surface area contributed by atoms with Crippen molar-refractivity contribution in [1.29, 1.82) is 0 Å². The van der Waals surface area contributed by atoms with Crippen molar-refractivity contribution in [1.82, 2.24) is 5.32 Å². The molecule has 0 saturated carbocycles. The second-order valence-corrected chi connectivity index (χ2v) is 4.63. The van der Waals surface area contributed by atoms with Gasteiger partial charge in [0.25, 0.3) is 0 Å². The van der Waals surface area contributed by atoms with Crippen LogP contribution in [0.15, 0.2) is 18.2 Å². The number of hydrogen-bond acceptors (Lipinski definition) is 3. The van der Waals surface area contributed by atoms with E-state index in [1.807, 2.05) is 18.2 Å². The number of halogens is 1. The van der Waals surface area contributed by atoms with E-state index in [0.29, 0.717) is 13.0 Å². The second kappa shape index (κ2) is 5.48. The molecule has 0 bridgehead atoms. The van der Waals surface area contributed by atoms with Crippen LogP contribution in [0.2, 0.25) is 0 Å². The Hall–Kier alpha value is -1.75. The maximum atomic E-state index is 11.8. The molecule has 0 atom stereocenters. The Balaban J connectivity index is 0.00000133. The molecule has 6 heteroatoms. The molecule has 0 spiro atoms. The van der Waals surface area contributed by atoms with Gasteiger partial charge in [-0.3, -0.25) is 15.0 Å². The molecule has 2 heterocycles. The van der Waals surface area contributed by atoms with Crippen LogP contribution in [0.3, 0.4) is 0 Å². The number of nitrogens with one attached hydrogen (secondary N) is 2. The molecule has 0 aliphatic carbocycles. The Labute approximate surface area is 117 Å². The average Bonchev–Trinajstić information content (AvgIpc) is 2.38. The van der Waals surface area contributed by atoms with E-state index >= 15 is 0 Å². The molecule has 1 fully saturated rings. The molecule has 2 aliphatic heterocycles. The summed E-state index contributed by atoms with van der Waals surface area (Å²) in [4.78, 5) is 24.5. The number of anilines is 2. The number of benzene rings is 1. The number of carbonyl (C=O) groups excluding carboxylic acids is 2. The average molecular weight is 282 g/mol. The molecule has 1 aromatic carbocycles. The zero-order valence-corrected chi connectivity index (χ0v) is 11.3. The third-order valence-corrected chi connectivity index (χ3v) is 3.39. The van der Waals surface area contributed by atoms with Gasteiger partial charge in [-0.2, -0.15) is 0 Å². The largest absolute Gasteiger partial charge is 0.385 e. The Morgan fingerprint density at radius 2 is 2.00 bits per heavy atom. The number of nitrogens with zero attached hydrogens (tertiary/aromatic N) is 1. The van der Waals surface area contributed by atoms with Gasteiger partial charge in [0.15, 0.2) is 0 Å². The van der Waals surface area contributed by atoms with Gasteiger partial charge in [0.1, 0.15) is 0 Å². The summed E-state index contributed by atoms with van der Waals surface area (Å²) in [5, 5.41) is 5.68. The minimum Gasteiger partial charge on any atom is -0.385 e. The zero-order chi connectivity index (χ0) is 12.5. The van der Waals surface area contributed by atoms with Crippen molar-refractivity contribution < 1.29 is 9.59 Å². The van der Waals surface area contributed by atoms with Crippen molar-refractivity contribution >= 4 is 35.7 Å². The lowest BCUT2D eigenvalue weighted by Gasteiger charge is -2.28. The van der Waals surface area contributed by atoms with Crippen LogP contribution in [0.5, 0.6) is 0 Å². The highest BCUT2D eigenvalue weighted by molar-refractivity contribution is 6.05. The van der Waals surface area contributed by atoms with Crippen molar-refractivity contribution in [3.8, 4) is 0 Å². The first-order valence-electron chi connectivity index (χ1n) is 6.22. The van der Waals surface area contributed by atoms with Gasteiger partial charge in [-0.1, -0.05) is 0 Å². The molecular formula is C13H16ClN3O2. The van der Waals surface area contributed by atoms with E-state index in [4.69, 9.17) is 0 Å². The van der Waals surface area contributed by atoms with Crippen molar-refractivity contribution in [2.45, 2.75) is 19.3 Å². The number of amides is 3. The molecule has 3 rings (SSSR count). The van der Waals surface area contributed by atoms with Gasteiger partial charge in [0.2, 0.25) is 5.91 Å². The van der Waals surface area contributed by atoms with Crippen LogP contribution in [-0.4, -0.2) is 25.0 Å². The minimum atomic E-state index is -0.324. The Kier molecular flexibility index (Phi) is 3.95. The maximum Gasteiger partial charge on any atom is 0.328 e. The van der Waals surface area contributed by atoms with Gasteiger partial charge >= 0.3 is 6.03 Å². The van der Waals surface area contributed by atoms with Gasteiger partial charge in [0, 0.05) is 30.9 Å². The van der Waals surface area contributed by atoms with Crippen LogP contribution in [0.1, 0.15) is 18.4 Å². The summed E-state index contributed by atoms with van der Waals surface area (Å²) >= 11 is 0. The lowest BCUT2D eigenvalue weighted by atomic mass is 10.0. The van der Waals surface area contributed by atoms with E-state index in [0.717, 1.165) is 30.8 Å². The number of carbonyl (C=O) groups is 2. The molecule has 1 aromatic rings. The van der Waals surface area contributed by atoms with E-state index < -0.39 is 0 Å². The zero-order valence-electron chi connectivity index (χ0n) is 10.4. The van der Waals surface area contributed by atoms with Gasteiger partial charge < -0.3 is 5.32 Å². The topological polar surface area (TPSA) is 61.4 Å². The monoisotopic (exact) mass is 281 g/mol. The fraction of sp³-hybridized carbons (Fsp3) is 0.385. The number of rotatable bonds is 1. The first-order chi connectivity index (χ1) is 8.74. The van der Waals surface area contributed by atoms with E-state index in [-0.39, 0.29) is 24.3 Å². The fourth-order valence-corrected chi connectivity index (χ4v) is 2.44. The normalized spacial score (nSPS) is 18.0. The summed E-state index contributed by atoms with van der Waals surface area (Å²) in [6, 6.07) is 5.65. The molecular weight excluding hydrogens is 266 g/mol. The highest BCUT2D eigenvalue weighted by Gasteiger charge is 2.24. The number of aryl methyl sites for hydroxylation is 1. The van der Waals surface area contributed by atoms with Crippen LogP contribution in [-0.2, 0) is 11.2 Å². The quantitative estimate of drug-likeness (QED) is 0.827. The van der Waals surface area contributed by atoms with E-state index in [9.17, 15) is 9.59 Å². The highest BCUT2D eigenvalue weighted by Crippen LogP contribution is 2.27.